The normalized spacial score (nSPS) is 10.0. The predicted octanol–water partition coefficient (Wildman–Crippen LogP) is 4.41. The van der Waals surface area contributed by atoms with Crippen LogP contribution in [0, 0.1) is 0 Å². The van der Waals surface area contributed by atoms with Crippen molar-refractivity contribution in [3.63, 3.8) is 0 Å². The number of pyridine rings is 8. The molecule has 0 amide bonds. The second-order valence-electron chi connectivity index (χ2n) is 18.8. The van der Waals surface area contributed by atoms with Crippen LogP contribution in [0.3, 0.4) is 0 Å². The van der Waals surface area contributed by atoms with E-state index < -0.39 is 23.9 Å². The van der Waals surface area contributed by atoms with Gasteiger partial charge in [0.1, 0.15) is 0 Å². The number of carbonyl (C=O) groups is 4. The minimum absolute atomic E-state index is 0. The molecule has 96 heavy (non-hydrogen) atoms. The number of carboxylic acids is 4. The van der Waals surface area contributed by atoms with E-state index in [0.29, 0.717) is 22.3 Å². The fraction of sp³-hybridized carbons (Fsp3) is 0. The second-order valence-corrected chi connectivity index (χ2v) is 18.8. The van der Waals surface area contributed by atoms with Crippen LogP contribution in [0.15, 0.2) is 268 Å². The molecule has 6 aromatic carbocycles. The first-order valence-corrected chi connectivity index (χ1v) is 27.1. The number of hydrogen-bond acceptors (Lipinski definition) is 16. The summed E-state index contributed by atoms with van der Waals surface area (Å²) in [5.74, 6) is -5.05. The molecule has 0 saturated carbocycles. The number of benzene rings is 6. The van der Waals surface area contributed by atoms with E-state index in [9.17, 15) is 39.6 Å². The zero-order valence-electron chi connectivity index (χ0n) is 50.5. The fourth-order valence-corrected chi connectivity index (χ4v) is 8.81. The molecule has 0 spiro atoms. The number of aromatic nitrogens is 8. The molecule has 22 nitrogen and oxygen atoms in total. The molecule has 0 fully saturated rings. The van der Waals surface area contributed by atoms with Crippen molar-refractivity contribution in [3.05, 3.63) is 290 Å². The summed E-state index contributed by atoms with van der Waals surface area (Å²) in [5, 5.41) is 49.6. The van der Waals surface area contributed by atoms with Crippen LogP contribution < -0.4 is 20.4 Å². The smallest absolute Gasteiger partial charge is 0.545 e. The molecule has 8 aromatic heterocycles. The Morgan fingerprint density at radius 2 is 0.354 bits per heavy atom. The van der Waals surface area contributed by atoms with E-state index in [0.717, 1.165) is 112 Å². The van der Waals surface area contributed by atoms with Crippen molar-refractivity contribution in [2.45, 2.75) is 0 Å². The molecule has 486 valence electrons. The SMILES string of the molecule is O.O.O.O.O=C([O-])/C=C/c1ccc(/C=C/C(=O)[O-])cc1.O=C([O-])/C=C/c1ccc(/C=C/C(=O)[O-])cc1.[Mn+2].[Mn+2].[OH3+].[OH3+].c1cnc2c(c1)ccc1cccnc12.c1cnc2c(c1)ccc1cccnc12.c1cnc2c(c1)ccc1cccnc12.c1cnc2c(c1)ccc1cccnc12. The van der Waals surface area contributed by atoms with Gasteiger partial charge in [-0.05, 0) is 95.1 Å². The maximum Gasteiger partial charge on any atom is 2.00 e. The minimum atomic E-state index is -1.26. The van der Waals surface area contributed by atoms with E-state index in [1.165, 1.54) is 24.3 Å². The summed E-state index contributed by atoms with van der Waals surface area (Å²) >= 11 is 0. The molecule has 14 N–H and O–H groups in total. The van der Waals surface area contributed by atoms with Gasteiger partial charge in [-0.15, -0.1) is 0 Å². The number of carbonyl (C=O) groups excluding carboxylic acids is 4. The molecule has 0 saturated heterocycles. The van der Waals surface area contributed by atoms with Crippen LogP contribution in [0.2, 0.25) is 0 Å². The maximum absolute atomic E-state index is 10.1. The first-order valence-electron chi connectivity index (χ1n) is 27.1. The van der Waals surface area contributed by atoms with Crippen molar-refractivity contribution in [3.8, 4) is 0 Å². The predicted molar refractivity (Wildman–Crippen MR) is 361 cm³/mol. The van der Waals surface area contributed by atoms with Gasteiger partial charge in [0.15, 0.2) is 0 Å². The summed E-state index contributed by atoms with van der Waals surface area (Å²) in [6.45, 7) is 0. The quantitative estimate of drug-likeness (QED) is 0.0880. The van der Waals surface area contributed by atoms with Crippen molar-refractivity contribution in [1.82, 2.24) is 39.9 Å². The Morgan fingerprint density at radius 1 is 0.229 bits per heavy atom. The van der Waals surface area contributed by atoms with Gasteiger partial charge in [-0.1, -0.05) is 170 Å². The molecule has 14 aromatic rings. The van der Waals surface area contributed by atoms with E-state index >= 15 is 0 Å². The molecule has 0 unspecified atom stereocenters. The fourth-order valence-electron chi connectivity index (χ4n) is 8.81. The Kier molecular flexibility index (Phi) is 35.7. The van der Waals surface area contributed by atoms with Crippen LogP contribution in [0.25, 0.3) is 112 Å². The van der Waals surface area contributed by atoms with E-state index in [-0.39, 0.29) is 67.0 Å². The van der Waals surface area contributed by atoms with Gasteiger partial charge < -0.3 is 72.5 Å². The van der Waals surface area contributed by atoms with Crippen LogP contribution in [0.4, 0.5) is 0 Å². The largest absolute Gasteiger partial charge is 2.00 e. The van der Waals surface area contributed by atoms with Crippen LogP contribution >= 0.6 is 0 Å². The van der Waals surface area contributed by atoms with Crippen molar-refractivity contribution in [2.75, 3.05) is 0 Å². The summed E-state index contributed by atoms with van der Waals surface area (Å²) in [6, 6.07) is 61.8. The standard InChI is InChI=1S/4C12H8N2.2C12H10O4.2Mn.6H2O/c4*1-3-9-5-6-10-4-2-8-14-12(10)11(9)13-7-1;2*13-11(14)7-5-9-1-2-10(4-3-9)6-8-12(15)16;;;;;;;;/h4*1-8H;2*1-8H,(H,13,14)(H,15,16);;;6*1H2/q;;;;;;2*+2;;;;;;/p-2/b;;;;2*7-5+,8-6+;;;;;;;;. The van der Waals surface area contributed by atoms with Gasteiger partial charge in [0.25, 0.3) is 0 Å². The maximum atomic E-state index is 10.1. The zero-order valence-corrected chi connectivity index (χ0v) is 52.8. The molecule has 0 atom stereocenters. The molecule has 8 heterocycles. The van der Waals surface area contributed by atoms with Gasteiger partial charge in [-0.2, -0.15) is 0 Å². The average Bonchev–Trinajstić information content (AvgIpc) is 0.860. The van der Waals surface area contributed by atoms with E-state index in [1.54, 1.807) is 98.1 Å². The molecular weight excluding hydrogens is 1310 g/mol. The van der Waals surface area contributed by atoms with E-state index in [1.807, 2.05) is 48.5 Å². The first-order chi connectivity index (χ1) is 42.9. The molecular formula is C72H62Mn2N8O14+2. The van der Waals surface area contributed by atoms with Crippen LogP contribution in [0.5, 0.6) is 0 Å². The monoisotopic (exact) mass is 1370 g/mol. The van der Waals surface area contributed by atoms with Crippen molar-refractivity contribution in [2.24, 2.45) is 0 Å². The molecule has 0 aliphatic heterocycles. The molecule has 24 heteroatoms. The number of nitrogens with zero attached hydrogens (tertiary/aromatic N) is 8. The van der Waals surface area contributed by atoms with Gasteiger partial charge in [0.05, 0.1) is 68.0 Å². The Morgan fingerprint density at radius 3 is 0.469 bits per heavy atom. The van der Waals surface area contributed by atoms with Gasteiger partial charge in [0, 0.05) is 92.7 Å². The van der Waals surface area contributed by atoms with Crippen molar-refractivity contribution >= 4 is 135 Å². The molecule has 0 aliphatic carbocycles. The third-order valence-corrected chi connectivity index (χ3v) is 12.9. The molecule has 2 radical (unpaired) electrons. The average molecular weight is 1370 g/mol. The Labute approximate surface area is 568 Å². The Hall–Kier alpha value is -11.8. The van der Waals surface area contributed by atoms with Crippen LogP contribution in [-0.2, 0) is 64.3 Å². The third-order valence-electron chi connectivity index (χ3n) is 12.9. The van der Waals surface area contributed by atoms with Crippen molar-refractivity contribution in [1.29, 1.82) is 0 Å². The molecule has 14 rings (SSSR count). The summed E-state index contributed by atoms with van der Waals surface area (Å²) in [7, 11) is 0. The summed E-state index contributed by atoms with van der Waals surface area (Å²) < 4.78 is 0. The topological polar surface area (TPSA) is 456 Å². The third kappa shape index (κ3) is 23.4. The van der Waals surface area contributed by atoms with Gasteiger partial charge in [-0.25, -0.2) is 0 Å². The number of carboxylic acid groups (broad SMARTS) is 4. The Bertz CT molecular complexity index is 4100. The molecule has 0 aliphatic rings. The number of hydrogen-bond donors (Lipinski definition) is 0. The number of fused-ring (bicyclic) bond motifs is 12. The number of rotatable bonds is 8. The molecule has 0 bridgehead atoms. The second kappa shape index (κ2) is 41.7. The Balaban J connectivity index is 0.000000567. The van der Waals surface area contributed by atoms with Crippen LogP contribution in [-0.4, -0.2) is 85.7 Å². The van der Waals surface area contributed by atoms with Gasteiger partial charge >= 0.3 is 34.1 Å². The minimum Gasteiger partial charge on any atom is -0.545 e. The van der Waals surface area contributed by atoms with Crippen molar-refractivity contribution < 1.29 is 107 Å². The summed E-state index contributed by atoms with van der Waals surface area (Å²) in [6.07, 6.45) is 23.7. The summed E-state index contributed by atoms with van der Waals surface area (Å²) in [5.41, 5.74) is 10.6. The van der Waals surface area contributed by atoms with E-state index in [4.69, 9.17) is 0 Å². The zero-order chi connectivity index (χ0) is 61.5. The van der Waals surface area contributed by atoms with Gasteiger partial charge in [-0.3, -0.25) is 39.9 Å². The van der Waals surface area contributed by atoms with Gasteiger partial charge in [0.2, 0.25) is 0 Å². The first kappa shape index (κ1) is 82.3. The summed E-state index contributed by atoms with van der Waals surface area (Å²) in [4.78, 5) is 75.3. The number of aliphatic carboxylic acids is 4. The van der Waals surface area contributed by atoms with E-state index in [2.05, 4.69) is 137 Å². The van der Waals surface area contributed by atoms with Crippen LogP contribution in [0.1, 0.15) is 22.3 Å².